The molecule has 0 spiro atoms. The maximum atomic E-state index is 5.54. The van der Waals surface area contributed by atoms with Gasteiger partial charge >= 0.3 is 6.01 Å². The fraction of sp³-hybridized carbons (Fsp3) is 0.600. The zero-order valence-electron chi connectivity index (χ0n) is 9.69. The minimum atomic E-state index is 0.248. The van der Waals surface area contributed by atoms with Gasteiger partial charge in [-0.1, -0.05) is 0 Å². The number of nitrogens with two attached hydrogens (primary N) is 1. The number of aromatic nitrogens is 2. The number of methoxy groups -OCH3 is 1. The van der Waals surface area contributed by atoms with Crippen LogP contribution in [0.2, 0.25) is 0 Å². The molecule has 0 fully saturated rings. The number of anilines is 1. The summed E-state index contributed by atoms with van der Waals surface area (Å²) in [5.74, 6) is 0.364. The van der Waals surface area contributed by atoms with E-state index in [2.05, 4.69) is 25.9 Å². The Balaban J connectivity index is 2.13. The van der Waals surface area contributed by atoms with Crippen molar-refractivity contribution >= 4 is 21.7 Å². The van der Waals surface area contributed by atoms with Crippen molar-refractivity contribution < 1.29 is 14.2 Å². The Morgan fingerprint density at radius 1 is 1.24 bits per heavy atom. The molecule has 0 bridgehead atoms. The summed E-state index contributed by atoms with van der Waals surface area (Å²) in [5.41, 5.74) is 5.54. The van der Waals surface area contributed by atoms with Gasteiger partial charge in [0.05, 0.1) is 6.61 Å². The monoisotopic (exact) mass is 305 g/mol. The first kappa shape index (κ1) is 14.1. The van der Waals surface area contributed by atoms with Gasteiger partial charge in [0.25, 0.3) is 0 Å². The Morgan fingerprint density at radius 3 is 2.76 bits per heavy atom. The molecule has 0 saturated heterocycles. The fourth-order valence-electron chi connectivity index (χ4n) is 1.08. The predicted molar refractivity (Wildman–Crippen MR) is 67.0 cm³/mol. The van der Waals surface area contributed by atoms with Crippen molar-refractivity contribution in [3.8, 4) is 6.01 Å². The molecule has 0 radical (unpaired) electrons. The van der Waals surface area contributed by atoms with E-state index in [1.807, 2.05) is 0 Å². The van der Waals surface area contributed by atoms with Gasteiger partial charge in [-0.15, -0.1) is 0 Å². The zero-order valence-corrected chi connectivity index (χ0v) is 11.3. The smallest absolute Gasteiger partial charge is 0.319 e. The van der Waals surface area contributed by atoms with E-state index in [4.69, 9.17) is 19.9 Å². The number of hydrogen-bond donors (Lipinski definition) is 1. The molecule has 0 aromatic carbocycles. The number of nitrogen functional groups attached to an aromatic ring is 1. The Bertz CT molecular complexity index is 318. The average Bonchev–Trinajstić information content (AvgIpc) is 2.26. The second-order valence-corrected chi connectivity index (χ2v) is 4.02. The van der Waals surface area contributed by atoms with Gasteiger partial charge in [0.1, 0.15) is 17.0 Å². The molecule has 7 heteroatoms. The highest BCUT2D eigenvalue weighted by Gasteiger charge is 2.01. The van der Waals surface area contributed by atoms with Gasteiger partial charge < -0.3 is 19.9 Å². The molecular weight excluding hydrogens is 290 g/mol. The van der Waals surface area contributed by atoms with E-state index in [-0.39, 0.29) is 6.01 Å². The van der Waals surface area contributed by atoms with Crippen LogP contribution in [0.5, 0.6) is 6.01 Å². The third kappa shape index (κ3) is 6.40. The largest absolute Gasteiger partial charge is 0.461 e. The maximum absolute atomic E-state index is 5.54. The van der Waals surface area contributed by atoms with Gasteiger partial charge in [0, 0.05) is 26.4 Å². The van der Waals surface area contributed by atoms with Crippen molar-refractivity contribution in [1.82, 2.24) is 9.97 Å². The third-order valence-corrected chi connectivity index (χ3v) is 2.20. The maximum Gasteiger partial charge on any atom is 0.319 e. The van der Waals surface area contributed by atoms with Crippen LogP contribution in [0, 0.1) is 0 Å². The summed E-state index contributed by atoms with van der Waals surface area (Å²) < 4.78 is 16.1. The number of ether oxygens (including phenoxy) is 3. The van der Waals surface area contributed by atoms with E-state index >= 15 is 0 Å². The molecule has 0 saturated carbocycles. The standard InChI is InChI=1S/C10H16BrN3O3/c1-15-3-2-4-16-5-6-17-10-13-8(11)7-9(12)14-10/h7H,2-6H2,1H3,(H2,12,13,14). The summed E-state index contributed by atoms with van der Waals surface area (Å²) in [4.78, 5) is 7.93. The highest BCUT2D eigenvalue weighted by atomic mass is 79.9. The van der Waals surface area contributed by atoms with Gasteiger partial charge in [-0.2, -0.15) is 9.97 Å². The van der Waals surface area contributed by atoms with Gasteiger partial charge in [0.15, 0.2) is 0 Å². The normalized spacial score (nSPS) is 10.5. The molecule has 1 aromatic rings. The molecular formula is C10H16BrN3O3. The number of rotatable bonds is 8. The van der Waals surface area contributed by atoms with Crippen molar-refractivity contribution in [1.29, 1.82) is 0 Å². The van der Waals surface area contributed by atoms with Crippen molar-refractivity contribution in [3.63, 3.8) is 0 Å². The molecule has 0 atom stereocenters. The van der Waals surface area contributed by atoms with E-state index in [9.17, 15) is 0 Å². The van der Waals surface area contributed by atoms with Gasteiger partial charge in [-0.3, -0.25) is 0 Å². The van der Waals surface area contributed by atoms with Crippen LogP contribution in [0.1, 0.15) is 6.42 Å². The number of nitrogens with zero attached hydrogens (tertiary/aromatic N) is 2. The van der Waals surface area contributed by atoms with Gasteiger partial charge in [0.2, 0.25) is 0 Å². The second kappa shape index (κ2) is 8.21. The molecule has 2 N–H and O–H groups in total. The van der Waals surface area contributed by atoms with Crippen molar-refractivity contribution in [2.75, 3.05) is 39.3 Å². The van der Waals surface area contributed by atoms with Crippen LogP contribution >= 0.6 is 15.9 Å². The lowest BCUT2D eigenvalue weighted by atomic mass is 10.5. The summed E-state index contributed by atoms with van der Waals surface area (Å²) >= 11 is 3.21. The van der Waals surface area contributed by atoms with Crippen molar-refractivity contribution in [3.05, 3.63) is 10.7 Å². The second-order valence-electron chi connectivity index (χ2n) is 3.21. The molecule has 1 aromatic heterocycles. The van der Waals surface area contributed by atoms with Crippen LogP contribution in [0.4, 0.5) is 5.82 Å². The molecule has 96 valence electrons. The van der Waals surface area contributed by atoms with Crippen LogP contribution in [0.15, 0.2) is 10.7 Å². The Kier molecular flexibility index (Phi) is 6.83. The van der Waals surface area contributed by atoms with Crippen LogP contribution < -0.4 is 10.5 Å². The Labute approximate surface area is 109 Å². The van der Waals surface area contributed by atoms with Gasteiger partial charge in [-0.05, 0) is 22.4 Å². The highest BCUT2D eigenvalue weighted by molar-refractivity contribution is 9.10. The van der Waals surface area contributed by atoms with Crippen LogP contribution in [0.25, 0.3) is 0 Å². The molecule has 0 amide bonds. The Hall–Kier alpha value is -0.920. The Morgan fingerprint density at radius 2 is 2.06 bits per heavy atom. The lowest BCUT2D eigenvalue weighted by molar-refractivity contribution is 0.0783. The molecule has 1 heterocycles. The van der Waals surface area contributed by atoms with E-state index in [0.29, 0.717) is 36.8 Å². The topological polar surface area (TPSA) is 79.5 Å². The van der Waals surface area contributed by atoms with E-state index in [0.717, 1.165) is 6.42 Å². The molecule has 6 nitrogen and oxygen atoms in total. The van der Waals surface area contributed by atoms with Crippen LogP contribution in [-0.4, -0.2) is 43.5 Å². The van der Waals surface area contributed by atoms with Crippen LogP contribution in [-0.2, 0) is 9.47 Å². The molecule has 0 aliphatic rings. The number of hydrogen-bond acceptors (Lipinski definition) is 6. The van der Waals surface area contributed by atoms with Crippen molar-refractivity contribution in [2.24, 2.45) is 0 Å². The summed E-state index contributed by atoms with van der Waals surface area (Å²) in [6.07, 6.45) is 0.872. The predicted octanol–water partition coefficient (Wildman–Crippen LogP) is 1.25. The lowest BCUT2D eigenvalue weighted by Crippen LogP contribution is -2.10. The lowest BCUT2D eigenvalue weighted by Gasteiger charge is -2.06. The summed E-state index contributed by atoms with van der Waals surface area (Å²) in [5, 5.41) is 0. The highest BCUT2D eigenvalue weighted by Crippen LogP contribution is 2.13. The minimum Gasteiger partial charge on any atom is -0.461 e. The van der Waals surface area contributed by atoms with Gasteiger partial charge in [-0.25, -0.2) is 0 Å². The van der Waals surface area contributed by atoms with Crippen LogP contribution in [0.3, 0.4) is 0 Å². The van der Waals surface area contributed by atoms with Crippen molar-refractivity contribution in [2.45, 2.75) is 6.42 Å². The SMILES string of the molecule is COCCCOCCOc1nc(N)cc(Br)n1. The van der Waals surface area contributed by atoms with E-state index in [1.165, 1.54) is 0 Å². The molecule has 0 aliphatic carbocycles. The quantitative estimate of drug-likeness (QED) is 0.575. The first-order valence-corrected chi connectivity index (χ1v) is 6.01. The molecule has 0 unspecified atom stereocenters. The van der Waals surface area contributed by atoms with E-state index < -0.39 is 0 Å². The minimum absolute atomic E-state index is 0.248. The summed E-state index contributed by atoms with van der Waals surface area (Å²) in [6.45, 7) is 2.23. The van der Waals surface area contributed by atoms with E-state index in [1.54, 1.807) is 13.2 Å². The third-order valence-electron chi connectivity index (χ3n) is 1.79. The summed E-state index contributed by atoms with van der Waals surface area (Å²) in [7, 11) is 1.66. The fourth-order valence-corrected chi connectivity index (χ4v) is 1.46. The molecule has 0 aliphatic heterocycles. The number of halogens is 1. The average molecular weight is 306 g/mol. The first-order chi connectivity index (χ1) is 8.22. The molecule has 1 rings (SSSR count). The first-order valence-electron chi connectivity index (χ1n) is 5.22. The zero-order chi connectivity index (χ0) is 12.5. The summed E-state index contributed by atoms with van der Waals surface area (Å²) in [6, 6.07) is 1.85. The molecule has 17 heavy (non-hydrogen) atoms.